The number of alkyl halides is 3. The molecule has 0 fully saturated rings. The van der Waals surface area contributed by atoms with Crippen molar-refractivity contribution in [3.63, 3.8) is 0 Å². The van der Waals surface area contributed by atoms with E-state index in [1.54, 1.807) is 26.1 Å². The normalized spacial score (nSPS) is 15.7. The second kappa shape index (κ2) is 10.3. The van der Waals surface area contributed by atoms with E-state index in [4.69, 9.17) is 11.6 Å². The number of rotatable bonds is 9. The Morgan fingerprint density at radius 1 is 1.18 bits per heavy atom. The van der Waals surface area contributed by atoms with Gasteiger partial charge in [0.15, 0.2) is 0 Å². The highest BCUT2D eigenvalue weighted by atomic mass is 35.5. The van der Waals surface area contributed by atoms with E-state index in [0.717, 1.165) is 18.1 Å². The largest absolute Gasteiger partial charge is 0.260 e. The lowest BCUT2D eigenvalue weighted by Gasteiger charge is -2.20. The topological polar surface area (TPSA) is 12.4 Å². The van der Waals surface area contributed by atoms with E-state index in [9.17, 15) is 13.2 Å². The number of allylic oxidation sites excluding steroid dienone is 3. The molecule has 28 heavy (non-hydrogen) atoms. The standard InChI is InChI=1S/C23H31ClF3N/c1-7-18(14-19-10-8-9-11-20(19)22(4,5)25)21(17(3)24)28-13-12-16(2)15-23(6,26)27/h7-11,13,16H,12,14-15H2,1-6H3/b18-7+,21-17+,28-13?. The van der Waals surface area contributed by atoms with Gasteiger partial charge in [0.1, 0.15) is 5.67 Å². The van der Waals surface area contributed by atoms with Crippen LogP contribution in [0, 0.1) is 5.92 Å². The number of benzene rings is 1. The molecule has 0 aliphatic heterocycles. The van der Waals surface area contributed by atoms with Crippen molar-refractivity contribution in [1.29, 1.82) is 0 Å². The van der Waals surface area contributed by atoms with Crippen molar-refractivity contribution < 1.29 is 13.2 Å². The molecule has 5 heteroatoms. The molecule has 1 unspecified atom stereocenters. The van der Waals surface area contributed by atoms with Crippen LogP contribution in [0.4, 0.5) is 13.2 Å². The van der Waals surface area contributed by atoms with Crippen LogP contribution in [0.2, 0.25) is 0 Å². The van der Waals surface area contributed by atoms with Crippen LogP contribution in [0.5, 0.6) is 0 Å². The maximum Gasteiger partial charge on any atom is 0.245 e. The Morgan fingerprint density at radius 3 is 2.29 bits per heavy atom. The first-order valence-electron chi connectivity index (χ1n) is 9.54. The van der Waals surface area contributed by atoms with Gasteiger partial charge in [-0.2, -0.15) is 0 Å². The van der Waals surface area contributed by atoms with E-state index in [-0.39, 0.29) is 12.3 Å². The lowest BCUT2D eigenvalue weighted by atomic mass is 9.90. The number of aliphatic imine (C=N–C) groups is 1. The fraction of sp³-hybridized carbons (Fsp3) is 0.522. The summed E-state index contributed by atoms with van der Waals surface area (Å²) in [4.78, 5) is 4.47. The first-order valence-corrected chi connectivity index (χ1v) is 9.92. The fourth-order valence-corrected chi connectivity index (χ4v) is 3.36. The van der Waals surface area contributed by atoms with Crippen molar-refractivity contribution in [3.8, 4) is 0 Å². The van der Waals surface area contributed by atoms with Gasteiger partial charge in [0.25, 0.3) is 0 Å². The van der Waals surface area contributed by atoms with Crippen molar-refractivity contribution in [2.45, 2.75) is 72.4 Å². The second-order valence-corrected chi connectivity index (χ2v) is 8.50. The molecule has 0 aliphatic rings. The maximum atomic E-state index is 14.6. The van der Waals surface area contributed by atoms with Crippen LogP contribution >= 0.6 is 11.6 Å². The Hall–Kier alpha value is -1.55. The van der Waals surface area contributed by atoms with Crippen LogP contribution in [-0.4, -0.2) is 12.1 Å². The van der Waals surface area contributed by atoms with E-state index in [1.165, 1.54) is 13.8 Å². The number of halogens is 4. The number of hydrogen-bond donors (Lipinski definition) is 0. The molecule has 0 saturated carbocycles. The smallest absolute Gasteiger partial charge is 0.245 e. The van der Waals surface area contributed by atoms with Gasteiger partial charge in [-0.05, 0) is 70.1 Å². The lowest BCUT2D eigenvalue weighted by Crippen LogP contribution is -2.15. The summed E-state index contributed by atoms with van der Waals surface area (Å²) in [5, 5.41) is 0.509. The third-order valence-electron chi connectivity index (χ3n) is 4.45. The van der Waals surface area contributed by atoms with Gasteiger partial charge in [-0.25, -0.2) is 13.2 Å². The molecule has 1 nitrogen and oxygen atoms in total. The summed E-state index contributed by atoms with van der Waals surface area (Å²) in [6, 6.07) is 7.39. The van der Waals surface area contributed by atoms with E-state index >= 15 is 0 Å². The molecule has 1 atom stereocenters. The van der Waals surface area contributed by atoms with Crippen molar-refractivity contribution in [2.75, 3.05) is 0 Å². The molecule has 0 radical (unpaired) electrons. The molecular formula is C23H31ClF3N. The molecule has 1 aromatic carbocycles. The minimum absolute atomic E-state index is 0.187. The van der Waals surface area contributed by atoms with Crippen molar-refractivity contribution in [1.82, 2.24) is 0 Å². The van der Waals surface area contributed by atoms with E-state index in [1.807, 2.05) is 31.2 Å². The number of nitrogens with zero attached hydrogens (tertiary/aromatic N) is 1. The van der Waals surface area contributed by atoms with Crippen molar-refractivity contribution in [2.24, 2.45) is 10.9 Å². The summed E-state index contributed by atoms with van der Waals surface area (Å²) in [7, 11) is 0. The summed E-state index contributed by atoms with van der Waals surface area (Å²) in [6.07, 6.45) is 4.28. The molecule has 1 rings (SSSR count). The maximum absolute atomic E-state index is 14.6. The third kappa shape index (κ3) is 8.22. The summed E-state index contributed by atoms with van der Waals surface area (Å²) >= 11 is 6.27. The van der Waals surface area contributed by atoms with Crippen LogP contribution in [-0.2, 0) is 12.1 Å². The number of hydrogen-bond acceptors (Lipinski definition) is 1. The highest BCUT2D eigenvalue weighted by Crippen LogP contribution is 2.31. The van der Waals surface area contributed by atoms with E-state index < -0.39 is 11.6 Å². The van der Waals surface area contributed by atoms with Crippen LogP contribution < -0.4 is 0 Å². The highest BCUT2D eigenvalue weighted by molar-refractivity contribution is 6.29. The van der Waals surface area contributed by atoms with E-state index in [0.29, 0.717) is 29.1 Å². The molecule has 0 N–H and O–H groups in total. The first kappa shape index (κ1) is 24.5. The second-order valence-electron chi connectivity index (χ2n) is 7.93. The summed E-state index contributed by atoms with van der Waals surface area (Å²) in [5.41, 5.74) is 1.51. The fourth-order valence-electron chi connectivity index (χ4n) is 3.19. The molecule has 156 valence electrons. The average Bonchev–Trinajstić information content (AvgIpc) is 2.54. The quantitative estimate of drug-likeness (QED) is 0.287. The Kier molecular flexibility index (Phi) is 9.00. The van der Waals surface area contributed by atoms with Crippen LogP contribution in [0.25, 0.3) is 0 Å². The molecule has 0 bridgehead atoms. The first-order chi connectivity index (χ1) is 12.8. The van der Waals surface area contributed by atoms with Gasteiger partial charge in [0.05, 0.1) is 5.70 Å². The average molecular weight is 414 g/mol. The minimum atomic E-state index is -2.69. The summed E-state index contributed by atoms with van der Waals surface area (Å²) in [6.45, 7) is 9.40. The molecule has 0 heterocycles. The predicted octanol–water partition coefficient (Wildman–Crippen LogP) is 7.99. The zero-order valence-electron chi connectivity index (χ0n) is 17.6. The van der Waals surface area contributed by atoms with Crippen molar-refractivity contribution >= 4 is 17.8 Å². The molecule has 1 aromatic rings. The summed E-state index contributed by atoms with van der Waals surface area (Å²) in [5.74, 6) is -2.88. The zero-order chi connectivity index (χ0) is 21.5. The SMILES string of the molecule is C/C=C(Cc1ccccc1C(C)(C)F)/C(N=CCC(C)CC(C)(F)F)=C(/C)Cl. The molecule has 0 aromatic heterocycles. The van der Waals surface area contributed by atoms with E-state index in [2.05, 4.69) is 4.99 Å². The summed E-state index contributed by atoms with van der Waals surface area (Å²) < 4.78 is 40.8. The van der Waals surface area contributed by atoms with Crippen LogP contribution in [0.3, 0.4) is 0 Å². The van der Waals surface area contributed by atoms with Crippen molar-refractivity contribution in [3.05, 3.63) is 57.8 Å². The van der Waals surface area contributed by atoms with Gasteiger partial charge in [0, 0.05) is 17.7 Å². The Morgan fingerprint density at radius 2 is 1.79 bits per heavy atom. The molecule has 0 aliphatic carbocycles. The van der Waals surface area contributed by atoms with Crippen LogP contribution in [0.15, 0.2) is 51.6 Å². The highest BCUT2D eigenvalue weighted by Gasteiger charge is 2.24. The monoisotopic (exact) mass is 413 g/mol. The van der Waals surface area contributed by atoms with Gasteiger partial charge < -0.3 is 0 Å². The Labute approximate surface area is 172 Å². The predicted molar refractivity (Wildman–Crippen MR) is 114 cm³/mol. The zero-order valence-corrected chi connectivity index (χ0v) is 18.4. The van der Waals surface area contributed by atoms with Gasteiger partial charge >= 0.3 is 0 Å². The van der Waals surface area contributed by atoms with Gasteiger partial charge in [-0.3, -0.25) is 4.99 Å². The molecule has 0 spiro atoms. The van der Waals surface area contributed by atoms with Gasteiger partial charge in [-0.1, -0.05) is 48.9 Å². The Bertz CT molecular complexity index is 733. The minimum Gasteiger partial charge on any atom is -0.260 e. The Balaban J connectivity index is 3.03. The third-order valence-corrected chi connectivity index (χ3v) is 4.63. The molecule has 0 amide bonds. The van der Waals surface area contributed by atoms with Gasteiger partial charge in [0.2, 0.25) is 5.92 Å². The van der Waals surface area contributed by atoms with Gasteiger partial charge in [-0.15, -0.1) is 0 Å². The molecular weight excluding hydrogens is 383 g/mol. The lowest BCUT2D eigenvalue weighted by molar-refractivity contribution is -0.000254. The van der Waals surface area contributed by atoms with Crippen LogP contribution in [0.1, 0.15) is 65.5 Å². The molecule has 0 saturated heterocycles.